The van der Waals surface area contributed by atoms with E-state index in [0.29, 0.717) is 6.54 Å². The Hall–Kier alpha value is -1.10. The van der Waals surface area contributed by atoms with Crippen molar-refractivity contribution in [2.24, 2.45) is 0 Å². The number of hydrogen-bond donors (Lipinski definition) is 2. The SMILES string of the molecule is CCN(C1CC1)C(CC)(C(=O)O)C(=O)O. The molecule has 0 aromatic carbocycles. The molecule has 0 bridgehead atoms. The van der Waals surface area contributed by atoms with Gasteiger partial charge in [-0.05, 0) is 25.8 Å². The molecule has 1 fully saturated rings. The van der Waals surface area contributed by atoms with Crippen LogP contribution in [-0.2, 0) is 9.59 Å². The van der Waals surface area contributed by atoms with Gasteiger partial charge in [0.05, 0.1) is 0 Å². The van der Waals surface area contributed by atoms with E-state index in [0.717, 1.165) is 12.8 Å². The van der Waals surface area contributed by atoms with Gasteiger partial charge in [0.25, 0.3) is 0 Å². The topological polar surface area (TPSA) is 77.8 Å². The molecule has 1 saturated carbocycles. The van der Waals surface area contributed by atoms with Crippen molar-refractivity contribution >= 4 is 11.9 Å². The maximum atomic E-state index is 11.2. The van der Waals surface area contributed by atoms with Crippen LogP contribution in [0.15, 0.2) is 0 Å². The van der Waals surface area contributed by atoms with E-state index in [4.69, 9.17) is 10.2 Å². The highest BCUT2D eigenvalue weighted by molar-refractivity contribution is 6.03. The molecule has 1 aliphatic carbocycles. The van der Waals surface area contributed by atoms with Crippen LogP contribution < -0.4 is 0 Å². The molecule has 2 N–H and O–H groups in total. The zero-order valence-corrected chi connectivity index (χ0v) is 9.06. The number of nitrogens with zero attached hydrogens (tertiary/aromatic N) is 1. The molecule has 0 saturated heterocycles. The van der Waals surface area contributed by atoms with Gasteiger partial charge in [-0.2, -0.15) is 0 Å². The quantitative estimate of drug-likeness (QED) is 0.640. The fraction of sp³-hybridized carbons (Fsp3) is 0.800. The fourth-order valence-electron chi connectivity index (χ4n) is 2.07. The van der Waals surface area contributed by atoms with Crippen molar-refractivity contribution in [3.63, 3.8) is 0 Å². The van der Waals surface area contributed by atoms with E-state index in [2.05, 4.69) is 0 Å². The first-order valence-corrected chi connectivity index (χ1v) is 5.24. The predicted octanol–water partition coefficient (Wildman–Crippen LogP) is 0.789. The van der Waals surface area contributed by atoms with E-state index in [-0.39, 0.29) is 12.5 Å². The molecule has 1 rings (SSSR count). The molecule has 0 unspecified atom stereocenters. The Morgan fingerprint density at radius 2 is 1.73 bits per heavy atom. The second kappa shape index (κ2) is 4.18. The van der Waals surface area contributed by atoms with Crippen LogP contribution in [0.4, 0.5) is 0 Å². The van der Waals surface area contributed by atoms with Crippen molar-refractivity contribution in [2.75, 3.05) is 6.54 Å². The van der Waals surface area contributed by atoms with Crippen molar-refractivity contribution in [2.45, 2.75) is 44.7 Å². The van der Waals surface area contributed by atoms with E-state index >= 15 is 0 Å². The maximum absolute atomic E-state index is 11.2. The third kappa shape index (κ3) is 1.84. The van der Waals surface area contributed by atoms with Crippen molar-refractivity contribution in [3.05, 3.63) is 0 Å². The number of carboxylic acids is 2. The molecule has 86 valence electrons. The van der Waals surface area contributed by atoms with E-state index in [1.165, 1.54) is 0 Å². The summed E-state index contributed by atoms with van der Waals surface area (Å²) in [5.41, 5.74) is -1.74. The molecule has 1 aliphatic rings. The molecule has 15 heavy (non-hydrogen) atoms. The van der Waals surface area contributed by atoms with Crippen LogP contribution >= 0.6 is 0 Å². The molecule has 0 atom stereocenters. The molecule has 0 aliphatic heterocycles. The molecule has 0 heterocycles. The Morgan fingerprint density at radius 3 is 1.93 bits per heavy atom. The minimum atomic E-state index is -1.74. The molecule has 0 aromatic rings. The number of rotatable bonds is 6. The van der Waals surface area contributed by atoms with Gasteiger partial charge in [0.1, 0.15) is 0 Å². The van der Waals surface area contributed by atoms with Gasteiger partial charge >= 0.3 is 11.9 Å². The predicted molar refractivity (Wildman–Crippen MR) is 53.7 cm³/mol. The Kier molecular flexibility index (Phi) is 3.34. The lowest BCUT2D eigenvalue weighted by molar-refractivity contribution is -0.168. The molecule has 0 aromatic heterocycles. The van der Waals surface area contributed by atoms with Crippen molar-refractivity contribution in [3.8, 4) is 0 Å². The first-order chi connectivity index (χ1) is 7.00. The molecule has 0 spiro atoms. The molecule has 0 radical (unpaired) electrons. The number of carboxylic acid groups (broad SMARTS) is 2. The fourth-order valence-corrected chi connectivity index (χ4v) is 2.07. The zero-order chi connectivity index (χ0) is 11.6. The smallest absolute Gasteiger partial charge is 0.335 e. The second-order valence-corrected chi connectivity index (χ2v) is 3.84. The van der Waals surface area contributed by atoms with Crippen LogP contribution in [0.2, 0.25) is 0 Å². The van der Waals surface area contributed by atoms with Gasteiger partial charge in [-0.15, -0.1) is 0 Å². The van der Waals surface area contributed by atoms with Gasteiger partial charge in [-0.3, -0.25) is 4.90 Å². The van der Waals surface area contributed by atoms with Crippen LogP contribution in [0, 0.1) is 0 Å². The monoisotopic (exact) mass is 215 g/mol. The lowest BCUT2D eigenvalue weighted by atomic mass is 9.93. The Morgan fingerprint density at radius 1 is 1.27 bits per heavy atom. The van der Waals surface area contributed by atoms with Crippen LogP contribution in [-0.4, -0.2) is 45.2 Å². The average molecular weight is 215 g/mol. The summed E-state index contributed by atoms with van der Waals surface area (Å²) in [7, 11) is 0. The Bertz CT molecular complexity index is 259. The highest BCUT2D eigenvalue weighted by atomic mass is 16.4. The van der Waals surface area contributed by atoms with E-state index in [1.807, 2.05) is 0 Å². The normalized spacial score (nSPS) is 16.7. The highest BCUT2D eigenvalue weighted by Crippen LogP contribution is 2.34. The summed E-state index contributed by atoms with van der Waals surface area (Å²) in [5, 5.41) is 18.3. The summed E-state index contributed by atoms with van der Waals surface area (Å²) in [6.07, 6.45) is 1.88. The lowest BCUT2D eigenvalue weighted by Crippen LogP contribution is -2.60. The van der Waals surface area contributed by atoms with Gasteiger partial charge in [0, 0.05) is 6.04 Å². The first-order valence-electron chi connectivity index (χ1n) is 5.24. The second-order valence-electron chi connectivity index (χ2n) is 3.84. The van der Waals surface area contributed by atoms with Gasteiger partial charge in [-0.25, -0.2) is 9.59 Å². The lowest BCUT2D eigenvalue weighted by Gasteiger charge is -2.35. The van der Waals surface area contributed by atoms with E-state index < -0.39 is 17.5 Å². The largest absolute Gasteiger partial charge is 0.479 e. The minimum Gasteiger partial charge on any atom is -0.479 e. The molecule has 5 heteroatoms. The van der Waals surface area contributed by atoms with Gasteiger partial charge in [0.15, 0.2) is 0 Å². The first kappa shape index (κ1) is 12.0. The summed E-state index contributed by atoms with van der Waals surface area (Å²) in [5.74, 6) is -2.52. The highest BCUT2D eigenvalue weighted by Gasteiger charge is 2.53. The molecular formula is C10H17NO4. The Balaban J connectivity index is 3.05. The van der Waals surface area contributed by atoms with Gasteiger partial charge in [0.2, 0.25) is 5.54 Å². The third-order valence-electron chi connectivity index (χ3n) is 3.04. The number of hydrogen-bond acceptors (Lipinski definition) is 3. The number of carbonyl (C=O) groups is 2. The maximum Gasteiger partial charge on any atom is 0.335 e. The summed E-state index contributed by atoms with van der Waals surface area (Å²) in [4.78, 5) is 24.0. The minimum absolute atomic E-state index is 0.0853. The average Bonchev–Trinajstić information content (AvgIpc) is 2.96. The van der Waals surface area contributed by atoms with Crippen LogP contribution in [0.25, 0.3) is 0 Å². The summed E-state index contributed by atoms with van der Waals surface area (Å²) in [6, 6.07) is 0.127. The number of likely N-dealkylation sites (N-methyl/N-ethyl adjacent to an activating group) is 1. The zero-order valence-electron chi connectivity index (χ0n) is 9.06. The van der Waals surface area contributed by atoms with Crippen molar-refractivity contribution < 1.29 is 19.8 Å². The standard InChI is InChI=1S/C10H17NO4/c1-3-10(8(12)13,9(14)15)11(4-2)7-5-6-7/h7H,3-6H2,1-2H3,(H,12,13)(H,14,15). The van der Waals surface area contributed by atoms with E-state index in [9.17, 15) is 9.59 Å². The van der Waals surface area contributed by atoms with Crippen LogP contribution in [0.3, 0.4) is 0 Å². The Labute approximate surface area is 88.7 Å². The summed E-state index contributed by atoms with van der Waals surface area (Å²) >= 11 is 0. The third-order valence-corrected chi connectivity index (χ3v) is 3.04. The van der Waals surface area contributed by atoms with Crippen molar-refractivity contribution in [1.82, 2.24) is 4.90 Å². The van der Waals surface area contributed by atoms with Crippen LogP contribution in [0.1, 0.15) is 33.1 Å². The van der Waals surface area contributed by atoms with Gasteiger partial charge < -0.3 is 10.2 Å². The molecular weight excluding hydrogens is 198 g/mol. The van der Waals surface area contributed by atoms with Crippen LogP contribution in [0.5, 0.6) is 0 Å². The summed E-state index contributed by atoms with van der Waals surface area (Å²) < 4.78 is 0. The summed E-state index contributed by atoms with van der Waals surface area (Å²) in [6.45, 7) is 3.86. The molecule has 0 amide bonds. The van der Waals surface area contributed by atoms with Crippen molar-refractivity contribution in [1.29, 1.82) is 0 Å². The number of aliphatic carboxylic acids is 2. The van der Waals surface area contributed by atoms with E-state index in [1.54, 1.807) is 18.7 Å². The van der Waals surface area contributed by atoms with Gasteiger partial charge in [-0.1, -0.05) is 13.8 Å². The molecule has 5 nitrogen and oxygen atoms in total.